The van der Waals surface area contributed by atoms with Crippen LogP contribution in [0.25, 0.3) is 0 Å². The lowest BCUT2D eigenvalue weighted by molar-refractivity contribution is -0.0847. The minimum Gasteiger partial charge on any atom is -0.385 e. The maximum atomic E-state index is 11.7. The predicted molar refractivity (Wildman–Crippen MR) is 82.5 cm³/mol. The van der Waals surface area contributed by atoms with Crippen molar-refractivity contribution in [1.29, 1.82) is 0 Å². The molecule has 2 atom stereocenters. The molecule has 1 aromatic rings. The van der Waals surface area contributed by atoms with Crippen LogP contribution in [-0.4, -0.2) is 30.1 Å². The monoisotopic (exact) mass is 273 g/mol. The fourth-order valence-electron chi connectivity index (χ4n) is 4.35. The largest absolute Gasteiger partial charge is 0.385 e. The number of rotatable bonds is 3. The normalized spacial score (nSPS) is 28.4. The van der Waals surface area contributed by atoms with Gasteiger partial charge >= 0.3 is 0 Å². The zero-order valence-corrected chi connectivity index (χ0v) is 12.6. The van der Waals surface area contributed by atoms with Gasteiger partial charge in [0, 0.05) is 12.5 Å². The number of hydrogen-bond acceptors (Lipinski definition) is 2. The van der Waals surface area contributed by atoms with E-state index in [2.05, 4.69) is 36.2 Å². The van der Waals surface area contributed by atoms with Crippen molar-refractivity contribution in [2.24, 2.45) is 11.8 Å². The first-order valence-electron chi connectivity index (χ1n) is 8.17. The van der Waals surface area contributed by atoms with Gasteiger partial charge in [0.1, 0.15) is 0 Å². The van der Waals surface area contributed by atoms with E-state index in [1.165, 1.54) is 32.1 Å². The Hall–Kier alpha value is -0.860. The molecule has 0 spiro atoms. The first-order valence-corrected chi connectivity index (χ1v) is 8.17. The van der Waals surface area contributed by atoms with Gasteiger partial charge in [0.15, 0.2) is 0 Å². The number of hydrogen-bond donors (Lipinski definition) is 1. The Balaban J connectivity index is 1.93. The number of nitrogens with zero attached hydrogens (tertiary/aromatic N) is 1. The fourth-order valence-corrected chi connectivity index (χ4v) is 4.35. The van der Waals surface area contributed by atoms with Gasteiger partial charge in [-0.1, -0.05) is 49.6 Å². The summed E-state index contributed by atoms with van der Waals surface area (Å²) in [5.41, 5.74) is 0.527. The summed E-state index contributed by atoms with van der Waals surface area (Å²) < 4.78 is 0. The van der Waals surface area contributed by atoms with Gasteiger partial charge in [0.05, 0.1) is 5.60 Å². The quantitative estimate of drug-likeness (QED) is 0.912. The smallest absolute Gasteiger partial charge is 0.0965 e. The van der Waals surface area contributed by atoms with Gasteiger partial charge < -0.3 is 10.0 Å². The van der Waals surface area contributed by atoms with E-state index in [0.29, 0.717) is 11.8 Å². The van der Waals surface area contributed by atoms with Crippen molar-refractivity contribution in [3.05, 3.63) is 35.9 Å². The first-order chi connectivity index (χ1) is 9.71. The molecule has 0 bridgehead atoms. The van der Waals surface area contributed by atoms with E-state index in [1.807, 2.05) is 6.07 Å². The molecule has 0 aromatic heterocycles. The van der Waals surface area contributed by atoms with Crippen molar-refractivity contribution in [3.63, 3.8) is 0 Å². The lowest BCUT2D eigenvalue weighted by Gasteiger charge is -2.43. The molecule has 20 heavy (non-hydrogen) atoms. The molecule has 1 saturated carbocycles. The van der Waals surface area contributed by atoms with Crippen LogP contribution in [0.1, 0.15) is 44.1 Å². The molecule has 2 aliphatic rings. The molecular weight excluding hydrogens is 246 g/mol. The molecule has 1 heterocycles. The third-order valence-electron chi connectivity index (χ3n) is 5.48. The average Bonchev–Trinajstić information content (AvgIpc) is 2.95. The zero-order valence-electron chi connectivity index (χ0n) is 12.6. The van der Waals surface area contributed by atoms with Crippen LogP contribution >= 0.6 is 0 Å². The highest BCUT2D eigenvalue weighted by molar-refractivity contribution is 5.25. The minimum atomic E-state index is -0.619. The molecular formula is C18H27NO. The van der Waals surface area contributed by atoms with Gasteiger partial charge in [0.25, 0.3) is 0 Å². The van der Waals surface area contributed by atoms with Crippen LogP contribution in [-0.2, 0) is 5.60 Å². The Morgan fingerprint density at radius 1 is 1.00 bits per heavy atom. The van der Waals surface area contributed by atoms with Gasteiger partial charge in [-0.25, -0.2) is 0 Å². The molecule has 0 radical (unpaired) electrons. The second-order valence-corrected chi connectivity index (χ2v) is 6.77. The molecule has 1 saturated heterocycles. The molecule has 1 aliphatic heterocycles. The molecule has 1 aliphatic carbocycles. The first kappa shape index (κ1) is 14.1. The van der Waals surface area contributed by atoms with Crippen LogP contribution in [0.4, 0.5) is 0 Å². The molecule has 1 aromatic carbocycles. The molecule has 1 N–H and O–H groups in total. The van der Waals surface area contributed by atoms with E-state index in [1.54, 1.807) is 0 Å². The van der Waals surface area contributed by atoms with Crippen LogP contribution in [0, 0.1) is 11.8 Å². The van der Waals surface area contributed by atoms with Gasteiger partial charge in [0.2, 0.25) is 0 Å². The van der Waals surface area contributed by atoms with Gasteiger partial charge in [-0.3, -0.25) is 0 Å². The number of likely N-dealkylation sites (tertiary alicyclic amines) is 1. The van der Waals surface area contributed by atoms with Crippen molar-refractivity contribution >= 4 is 0 Å². The number of benzene rings is 1. The molecule has 3 rings (SSSR count). The van der Waals surface area contributed by atoms with Crippen LogP contribution in [0.2, 0.25) is 0 Å². The van der Waals surface area contributed by atoms with Gasteiger partial charge in [-0.2, -0.15) is 0 Å². The van der Waals surface area contributed by atoms with Crippen molar-refractivity contribution in [2.45, 2.75) is 44.1 Å². The van der Waals surface area contributed by atoms with Crippen LogP contribution in [0.5, 0.6) is 0 Å². The van der Waals surface area contributed by atoms with E-state index < -0.39 is 5.60 Å². The van der Waals surface area contributed by atoms with E-state index >= 15 is 0 Å². The highest BCUT2D eigenvalue weighted by atomic mass is 16.3. The molecule has 2 unspecified atom stereocenters. The van der Waals surface area contributed by atoms with Crippen molar-refractivity contribution < 1.29 is 5.11 Å². The van der Waals surface area contributed by atoms with E-state index in [9.17, 15) is 5.11 Å². The van der Waals surface area contributed by atoms with Crippen molar-refractivity contribution in [1.82, 2.24) is 4.90 Å². The van der Waals surface area contributed by atoms with Crippen LogP contribution in [0.3, 0.4) is 0 Å². The summed E-state index contributed by atoms with van der Waals surface area (Å²) in [6.07, 6.45) is 7.40. The molecule has 2 heteroatoms. The van der Waals surface area contributed by atoms with Crippen molar-refractivity contribution in [2.75, 3.05) is 20.1 Å². The maximum Gasteiger partial charge on any atom is 0.0965 e. The number of aliphatic hydroxyl groups is 1. The summed E-state index contributed by atoms with van der Waals surface area (Å²) in [7, 11) is 2.17. The van der Waals surface area contributed by atoms with Crippen LogP contribution in [0.15, 0.2) is 30.3 Å². The highest BCUT2D eigenvalue weighted by Crippen LogP contribution is 2.46. The summed E-state index contributed by atoms with van der Waals surface area (Å²) in [6, 6.07) is 10.5. The zero-order chi connectivity index (χ0) is 14.0. The minimum absolute atomic E-state index is 0.387. The summed E-state index contributed by atoms with van der Waals surface area (Å²) in [4.78, 5) is 2.36. The second-order valence-electron chi connectivity index (χ2n) is 6.77. The summed E-state index contributed by atoms with van der Waals surface area (Å²) in [5, 5.41) is 11.7. The lowest BCUT2D eigenvalue weighted by Crippen LogP contribution is -2.44. The van der Waals surface area contributed by atoms with Gasteiger partial charge in [-0.15, -0.1) is 0 Å². The molecule has 2 nitrogen and oxygen atoms in total. The average molecular weight is 273 g/mol. The third kappa shape index (κ3) is 2.51. The Kier molecular flexibility index (Phi) is 4.13. The van der Waals surface area contributed by atoms with E-state index in [-0.39, 0.29) is 0 Å². The summed E-state index contributed by atoms with van der Waals surface area (Å²) in [5.74, 6) is 0.827. The predicted octanol–water partition coefficient (Wildman–Crippen LogP) is 3.41. The fraction of sp³-hybridized carbons (Fsp3) is 0.667. The Morgan fingerprint density at radius 3 is 2.30 bits per heavy atom. The van der Waals surface area contributed by atoms with E-state index in [4.69, 9.17) is 0 Å². The van der Waals surface area contributed by atoms with Gasteiger partial charge in [-0.05, 0) is 44.3 Å². The van der Waals surface area contributed by atoms with E-state index in [0.717, 1.165) is 25.1 Å². The molecule has 0 amide bonds. The van der Waals surface area contributed by atoms with Crippen molar-refractivity contribution in [3.8, 4) is 0 Å². The SMILES string of the molecule is CN1CCC(C(O)(c2ccccc2)C2CCCCC2)C1. The summed E-state index contributed by atoms with van der Waals surface area (Å²) in [6.45, 7) is 2.15. The third-order valence-corrected chi connectivity index (χ3v) is 5.48. The second kappa shape index (κ2) is 5.87. The molecule has 2 fully saturated rings. The maximum absolute atomic E-state index is 11.7. The standard InChI is InChI=1S/C18H27NO/c1-19-13-12-17(14-19)18(20,15-8-4-2-5-9-15)16-10-6-3-7-11-16/h2,4-5,8-9,16-17,20H,3,6-7,10-14H2,1H3. The van der Waals surface area contributed by atoms with Crippen LogP contribution < -0.4 is 0 Å². The molecule has 110 valence electrons. The summed E-state index contributed by atoms with van der Waals surface area (Å²) >= 11 is 0. The lowest BCUT2D eigenvalue weighted by atomic mass is 9.67. The topological polar surface area (TPSA) is 23.5 Å². The Morgan fingerprint density at radius 2 is 1.70 bits per heavy atom. The Bertz CT molecular complexity index is 420. The highest BCUT2D eigenvalue weighted by Gasteiger charge is 2.46. The Labute approximate surface area is 122 Å².